The highest BCUT2D eigenvalue weighted by Crippen LogP contribution is 2.16. The first-order valence-electron chi connectivity index (χ1n) is 6.03. The van der Waals surface area contributed by atoms with E-state index in [2.05, 4.69) is 48.5 Å². The fourth-order valence-corrected chi connectivity index (χ4v) is 2.10. The summed E-state index contributed by atoms with van der Waals surface area (Å²) >= 11 is 0. The summed E-state index contributed by atoms with van der Waals surface area (Å²) in [6.45, 7) is 5.14. The average molecular weight is 229 g/mol. The van der Waals surface area contributed by atoms with Gasteiger partial charge >= 0.3 is 0 Å². The molecule has 0 aliphatic carbocycles. The van der Waals surface area contributed by atoms with Crippen molar-refractivity contribution in [2.24, 2.45) is 0 Å². The number of aryl methyl sites for hydroxylation is 1. The average Bonchev–Trinajstić information content (AvgIpc) is 2.72. The number of benzene rings is 1. The van der Waals surface area contributed by atoms with Crippen LogP contribution in [-0.4, -0.2) is 16.8 Å². The van der Waals surface area contributed by atoms with E-state index in [1.165, 1.54) is 16.8 Å². The maximum absolute atomic E-state index is 4.49. The molecule has 1 aromatic carbocycles. The van der Waals surface area contributed by atoms with E-state index in [1.54, 1.807) is 0 Å². The van der Waals surface area contributed by atoms with Crippen LogP contribution in [0.4, 0.5) is 0 Å². The number of hydrogen-bond acceptors (Lipinski definition) is 2. The zero-order valence-corrected chi connectivity index (χ0v) is 10.7. The van der Waals surface area contributed by atoms with Gasteiger partial charge in [0, 0.05) is 17.8 Å². The van der Waals surface area contributed by atoms with Gasteiger partial charge in [0.2, 0.25) is 0 Å². The van der Waals surface area contributed by atoms with Gasteiger partial charge in [-0.1, -0.05) is 19.1 Å². The number of nitrogens with one attached hydrogen (secondary N) is 1. The lowest BCUT2D eigenvalue weighted by atomic mass is 10.2. The van der Waals surface area contributed by atoms with Gasteiger partial charge < -0.3 is 5.32 Å². The standard InChI is InChI=1S/C14H19N3/c1-4-14-12(9-15-3)10-16-17(14)13-7-5-6-11(2)8-13/h5-8,10,15H,4,9H2,1-3H3. The Morgan fingerprint density at radius 1 is 1.35 bits per heavy atom. The van der Waals surface area contributed by atoms with Crippen molar-refractivity contribution in [2.75, 3.05) is 7.05 Å². The number of nitrogens with zero attached hydrogens (tertiary/aromatic N) is 2. The molecule has 0 fully saturated rings. The number of rotatable bonds is 4. The molecule has 0 atom stereocenters. The molecule has 3 heteroatoms. The Morgan fingerprint density at radius 2 is 2.18 bits per heavy atom. The first-order valence-corrected chi connectivity index (χ1v) is 6.03. The highest BCUT2D eigenvalue weighted by atomic mass is 15.3. The van der Waals surface area contributed by atoms with Gasteiger partial charge in [0.1, 0.15) is 0 Å². The van der Waals surface area contributed by atoms with Gasteiger partial charge in [-0.25, -0.2) is 4.68 Å². The molecule has 0 radical (unpaired) electrons. The molecule has 0 bridgehead atoms. The van der Waals surface area contributed by atoms with E-state index >= 15 is 0 Å². The summed E-state index contributed by atoms with van der Waals surface area (Å²) in [6.07, 6.45) is 2.95. The van der Waals surface area contributed by atoms with Crippen LogP contribution in [0.2, 0.25) is 0 Å². The molecule has 1 N–H and O–H groups in total. The molecule has 0 aliphatic rings. The topological polar surface area (TPSA) is 29.9 Å². The maximum atomic E-state index is 4.49. The highest BCUT2D eigenvalue weighted by Gasteiger charge is 2.09. The Kier molecular flexibility index (Phi) is 3.59. The third kappa shape index (κ3) is 2.39. The molecule has 1 aromatic heterocycles. The zero-order chi connectivity index (χ0) is 12.3. The van der Waals surface area contributed by atoms with Crippen LogP contribution in [0, 0.1) is 6.92 Å². The van der Waals surface area contributed by atoms with E-state index in [-0.39, 0.29) is 0 Å². The maximum Gasteiger partial charge on any atom is 0.0651 e. The number of aromatic nitrogens is 2. The molecule has 2 rings (SSSR count). The van der Waals surface area contributed by atoms with Crippen molar-refractivity contribution < 1.29 is 0 Å². The summed E-state index contributed by atoms with van der Waals surface area (Å²) in [6, 6.07) is 8.44. The molecule has 0 saturated carbocycles. The van der Waals surface area contributed by atoms with Crippen molar-refractivity contribution in [3.63, 3.8) is 0 Å². The summed E-state index contributed by atoms with van der Waals surface area (Å²) in [5.41, 5.74) is 4.96. The van der Waals surface area contributed by atoms with Crippen molar-refractivity contribution in [3.05, 3.63) is 47.3 Å². The summed E-state index contributed by atoms with van der Waals surface area (Å²) in [5, 5.41) is 7.68. The SMILES string of the molecule is CCc1c(CNC)cnn1-c1cccc(C)c1. The van der Waals surface area contributed by atoms with Gasteiger partial charge in [-0.2, -0.15) is 5.10 Å². The molecule has 90 valence electrons. The molecule has 17 heavy (non-hydrogen) atoms. The molecule has 0 spiro atoms. The van der Waals surface area contributed by atoms with Crippen LogP contribution in [0.25, 0.3) is 5.69 Å². The molecule has 1 heterocycles. The second kappa shape index (κ2) is 5.15. The van der Waals surface area contributed by atoms with Crippen molar-refractivity contribution >= 4 is 0 Å². The van der Waals surface area contributed by atoms with Gasteiger partial charge in [0.15, 0.2) is 0 Å². The first-order chi connectivity index (χ1) is 8.26. The van der Waals surface area contributed by atoms with Crippen molar-refractivity contribution in [1.82, 2.24) is 15.1 Å². The van der Waals surface area contributed by atoms with Crippen LogP contribution in [-0.2, 0) is 13.0 Å². The normalized spacial score (nSPS) is 10.8. The van der Waals surface area contributed by atoms with Crippen molar-refractivity contribution in [2.45, 2.75) is 26.8 Å². The number of hydrogen-bond donors (Lipinski definition) is 1. The van der Waals surface area contributed by atoms with Crippen LogP contribution in [0.5, 0.6) is 0 Å². The molecule has 0 saturated heterocycles. The minimum absolute atomic E-state index is 0.870. The second-order valence-electron chi connectivity index (χ2n) is 4.25. The predicted molar refractivity (Wildman–Crippen MR) is 70.4 cm³/mol. The van der Waals surface area contributed by atoms with E-state index in [1.807, 2.05) is 17.9 Å². The third-order valence-corrected chi connectivity index (χ3v) is 2.90. The van der Waals surface area contributed by atoms with Crippen LogP contribution in [0.3, 0.4) is 0 Å². The van der Waals surface area contributed by atoms with Gasteiger partial charge in [-0.3, -0.25) is 0 Å². The molecule has 0 unspecified atom stereocenters. The quantitative estimate of drug-likeness (QED) is 0.872. The van der Waals surface area contributed by atoms with Crippen LogP contribution in [0.15, 0.2) is 30.5 Å². The van der Waals surface area contributed by atoms with Gasteiger partial charge in [0.05, 0.1) is 11.9 Å². The minimum atomic E-state index is 0.870. The lowest BCUT2D eigenvalue weighted by Gasteiger charge is -2.08. The van der Waals surface area contributed by atoms with Crippen molar-refractivity contribution in [1.29, 1.82) is 0 Å². The smallest absolute Gasteiger partial charge is 0.0651 e. The first kappa shape index (κ1) is 11.9. The summed E-state index contributed by atoms with van der Waals surface area (Å²) in [4.78, 5) is 0. The monoisotopic (exact) mass is 229 g/mol. The predicted octanol–water partition coefficient (Wildman–Crippen LogP) is 2.46. The van der Waals surface area contributed by atoms with E-state index in [0.29, 0.717) is 0 Å². The second-order valence-corrected chi connectivity index (χ2v) is 4.25. The zero-order valence-electron chi connectivity index (χ0n) is 10.7. The Hall–Kier alpha value is -1.61. The Morgan fingerprint density at radius 3 is 2.82 bits per heavy atom. The fourth-order valence-electron chi connectivity index (χ4n) is 2.10. The largest absolute Gasteiger partial charge is 0.316 e. The lowest BCUT2D eigenvalue weighted by molar-refractivity contribution is 0.779. The van der Waals surface area contributed by atoms with Gasteiger partial charge in [-0.05, 0) is 38.1 Å². The summed E-state index contributed by atoms with van der Waals surface area (Å²) in [7, 11) is 1.96. The highest BCUT2D eigenvalue weighted by molar-refractivity contribution is 5.37. The van der Waals surface area contributed by atoms with Gasteiger partial charge in [0.25, 0.3) is 0 Å². The molecule has 0 aliphatic heterocycles. The summed E-state index contributed by atoms with van der Waals surface area (Å²) < 4.78 is 2.04. The molecule has 3 nitrogen and oxygen atoms in total. The Bertz CT molecular complexity index is 500. The lowest BCUT2D eigenvalue weighted by Crippen LogP contribution is -2.08. The van der Waals surface area contributed by atoms with Crippen LogP contribution in [0.1, 0.15) is 23.7 Å². The molecule has 0 amide bonds. The van der Waals surface area contributed by atoms with Gasteiger partial charge in [-0.15, -0.1) is 0 Å². The Labute approximate surface area is 102 Å². The van der Waals surface area contributed by atoms with E-state index < -0.39 is 0 Å². The van der Waals surface area contributed by atoms with Crippen LogP contribution >= 0.6 is 0 Å². The molecule has 2 aromatic rings. The van der Waals surface area contributed by atoms with Crippen molar-refractivity contribution in [3.8, 4) is 5.69 Å². The van der Waals surface area contributed by atoms with Crippen LogP contribution < -0.4 is 5.32 Å². The summed E-state index contributed by atoms with van der Waals surface area (Å²) in [5.74, 6) is 0. The van der Waals surface area contributed by atoms with E-state index in [4.69, 9.17) is 0 Å². The molecular formula is C14H19N3. The fraction of sp³-hybridized carbons (Fsp3) is 0.357. The minimum Gasteiger partial charge on any atom is -0.316 e. The van der Waals surface area contributed by atoms with E-state index in [9.17, 15) is 0 Å². The Balaban J connectivity index is 2.45. The molecular weight excluding hydrogens is 210 g/mol. The third-order valence-electron chi connectivity index (χ3n) is 2.90. The van der Waals surface area contributed by atoms with E-state index in [0.717, 1.165) is 18.7 Å².